The summed E-state index contributed by atoms with van der Waals surface area (Å²) in [4.78, 5) is 15.3. The molecule has 0 aromatic heterocycles. The number of carbonyl (C=O) groups excluding carboxylic acids is 1. The van der Waals surface area contributed by atoms with Crippen molar-refractivity contribution in [2.24, 2.45) is 17.6 Å². The average molecular weight is 358 g/mol. The molecule has 1 saturated heterocycles. The van der Waals surface area contributed by atoms with Gasteiger partial charge in [0.05, 0.1) is 5.92 Å². The molecule has 3 N–H and O–H groups in total. The van der Waals surface area contributed by atoms with Gasteiger partial charge in [-0.15, -0.1) is 0 Å². The number of hydrogen-bond donors (Lipinski definition) is 2. The summed E-state index contributed by atoms with van der Waals surface area (Å²) in [7, 11) is 0. The zero-order valence-corrected chi connectivity index (χ0v) is 16.5. The van der Waals surface area contributed by atoms with Gasteiger partial charge in [-0.05, 0) is 62.7 Å². The minimum atomic E-state index is -0.369. The topological polar surface area (TPSA) is 58.4 Å². The van der Waals surface area contributed by atoms with Crippen LogP contribution in [0.4, 0.5) is 0 Å². The Morgan fingerprint density at radius 1 is 1.19 bits per heavy atom. The lowest BCUT2D eigenvalue weighted by atomic mass is 9.74. The van der Waals surface area contributed by atoms with Gasteiger partial charge in [-0.3, -0.25) is 9.69 Å². The monoisotopic (exact) mass is 357 g/mol. The van der Waals surface area contributed by atoms with Crippen LogP contribution in [0.3, 0.4) is 0 Å². The second-order valence-corrected chi connectivity index (χ2v) is 8.75. The molecule has 4 heteroatoms. The van der Waals surface area contributed by atoms with E-state index in [0.29, 0.717) is 6.54 Å². The first-order valence-electron chi connectivity index (χ1n) is 10.3. The number of hydrogen-bond acceptors (Lipinski definition) is 3. The Hall–Kier alpha value is -1.39. The summed E-state index contributed by atoms with van der Waals surface area (Å²) < 4.78 is 0. The number of benzene rings is 1. The highest BCUT2D eigenvalue weighted by Gasteiger charge is 2.37. The Balaban J connectivity index is 1.59. The number of carbonyl (C=O) groups is 1. The molecule has 1 aromatic rings. The largest absolute Gasteiger partial charge is 0.352 e. The lowest BCUT2D eigenvalue weighted by Gasteiger charge is -2.37. The third-order valence-electron chi connectivity index (χ3n) is 6.41. The van der Waals surface area contributed by atoms with Crippen LogP contribution in [0.2, 0.25) is 0 Å². The van der Waals surface area contributed by atoms with Gasteiger partial charge in [0.25, 0.3) is 0 Å². The molecule has 2 aliphatic rings. The van der Waals surface area contributed by atoms with Crippen LogP contribution in [-0.2, 0) is 17.9 Å². The van der Waals surface area contributed by atoms with Crippen molar-refractivity contribution in [2.45, 2.75) is 71.0 Å². The Morgan fingerprint density at radius 3 is 2.58 bits per heavy atom. The second kappa shape index (κ2) is 8.53. The molecule has 1 aliphatic heterocycles. The van der Waals surface area contributed by atoms with E-state index in [2.05, 4.69) is 41.4 Å². The lowest BCUT2D eigenvalue weighted by Crippen LogP contribution is -2.52. The van der Waals surface area contributed by atoms with E-state index >= 15 is 0 Å². The van der Waals surface area contributed by atoms with Crippen LogP contribution in [0.25, 0.3) is 0 Å². The first-order valence-corrected chi connectivity index (χ1v) is 10.3. The molecule has 1 heterocycles. The van der Waals surface area contributed by atoms with E-state index in [1.807, 2.05) is 6.92 Å². The van der Waals surface area contributed by atoms with Crippen LogP contribution in [-0.4, -0.2) is 29.4 Å². The fraction of sp³-hybridized carbons (Fsp3) is 0.682. The molecule has 0 spiro atoms. The van der Waals surface area contributed by atoms with Crippen molar-refractivity contribution in [3.05, 3.63) is 35.4 Å². The molecule has 1 aromatic carbocycles. The van der Waals surface area contributed by atoms with Crippen molar-refractivity contribution < 1.29 is 4.79 Å². The first-order chi connectivity index (χ1) is 12.5. The predicted octanol–water partition coefficient (Wildman–Crippen LogP) is 3.44. The van der Waals surface area contributed by atoms with E-state index in [1.165, 1.54) is 37.1 Å². The van der Waals surface area contributed by atoms with Crippen LogP contribution in [0, 0.1) is 11.8 Å². The number of rotatable bonds is 5. The van der Waals surface area contributed by atoms with Gasteiger partial charge in [0.2, 0.25) is 5.91 Å². The normalized spacial score (nSPS) is 28.0. The maximum Gasteiger partial charge on any atom is 0.225 e. The highest BCUT2D eigenvalue weighted by Crippen LogP contribution is 2.31. The third-order valence-corrected chi connectivity index (χ3v) is 6.41. The van der Waals surface area contributed by atoms with Crippen molar-refractivity contribution >= 4 is 5.91 Å². The second-order valence-electron chi connectivity index (χ2n) is 8.75. The zero-order chi connectivity index (χ0) is 18.6. The molecule has 1 amide bonds. The van der Waals surface area contributed by atoms with Gasteiger partial charge in [0.1, 0.15) is 0 Å². The predicted molar refractivity (Wildman–Crippen MR) is 107 cm³/mol. The fourth-order valence-corrected chi connectivity index (χ4v) is 4.44. The SMILES string of the molecule is CC1CCN(Cc2ccccc2CNC(=O)C2CCCCC2(C)N)CC1. The zero-order valence-electron chi connectivity index (χ0n) is 16.5. The van der Waals surface area contributed by atoms with E-state index in [4.69, 9.17) is 5.73 Å². The minimum absolute atomic E-state index is 0.0630. The highest BCUT2D eigenvalue weighted by atomic mass is 16.1. The van der Waals surface area contributed by atoms with Crippen LogP contribution >= 0.6 is 0 Å². The quantitative estimate of drug-likeness (QED) is 0.849. The van der Waals surface area contributed by atoms with E-state index < -0.39 is 0 Å². The molecule has 1 saturated carbocycles. The van der Waals surface area contributed by atoms with E-state index in [0.717, 1.165) is 38.1 Å². The summed E-state index contributed by atoms with van der Waals surface area (Å²) in [6, 6.07) is 8.51. The molecule has 4 nitrogen and oxygen atoms in total. The molecule has 2 fully saturated rings. The summed E-state index contributed by atoms with van der Waals surface area (Å²) >= 11 is 0. The Labute approximate surface area is 158 Å². The van der Waals surface area contributed by atoms with Crippen molar-refractivity contribution in [3.63, 3.8) is 0 Å². The molecule has 144 valence electrons. The molecular weight excluding hydrogens is 322 g/mol. The maximum atomic E-state index is 12.7. The third kappa shape index (κ3) is 4.86. The number of nitrogens with two attached hydrogens (primary N) is 1. The summed E-state index contributed by atoms with van der Waals surface area (Å²) in [6.07, 6.45) is 6.66. The minimum Gasteiger partial charge on any atom is -0.352 e. The van der Waals surface area contributed by atoms with Crippen LogP contribution in [0.15, 0.2) is 24.3 Å². The van der Waals surface area contributed by atoms with E-state index in [1.54, 1.807) is 0 Å². The number of likely N-dealkylation sites (tertiary alicyclic amines) is 1. The molecule has 3 rings (SSSR count). The Kier molecular flexibility index (Phi) is 6.36. The number of amides is 1. The molecule has 1 aliphatic carbocycles. The fourth-order valence-electron chi connectivity index (χ4n) is 4.44. The molecule has 0 radical (unpaired) electrons. The van der Waals surface area contributed by atoms with Crippen LogP contribution in [0.5, 0.6) is 0 Å². The van der Waals surface area contributed by atoms with E-state index in [-0.39, 0.29) is 17.4 Å². The smallest absolute Gasteiger partial charge is 0.225 e. The number of piperidine rings is 1. The Bertz CT molecular complexity index is 605. The van der Waals surface area contributed by atoms with Gasteiger partial charge in [-0.1, -0.05) is 44.0 Å². The molecular formula is C22H35N3O. The van der Waals surface area contributed by atoms with Crippen molar-refractivity contribution in [2.75, 3.05) is 13.1 Å². The molecule has 2 unspecified atom stereocenters. The van der Waals surface area contributed by atoms with Gasteiger partial charge in [-0.25, -0.2) is 0 Å². The van der Waals surface area contributed by atoms with Gasteiger partial charge >= 0.3 is 0 Å². The summed E-state index contributed by atoms with van der Waals surface area (Å²) in [5.41, 5.74) is 8.59. The number of nitrogens with one attached hydrogen (secondary N) is 1. The van der Waals surface area contributed by atoms with Crippen molar-refractivity contribution in [3.8, 4) is 0 Å². The molecule has 26 heavy (non-hydrogen) atoms. The average Bonchev–Trinajstić information content (AvgIpc) is 2.62. The van der Waals surface area contributed by atoms with E-state index in [9.17, 15) is 4.79 Å². The molecule has 0 bridgehead atoms. The first kappa shape index (κ1) is 19.4. The number of nitrogens with zero attached hydrogens (tertiary/aromatic N) is 1. The summed E-state index contributed by atoms with van der Waals surface area (Å²) in [6.45, 7) is 8.31. The van der Waals surface area contributed by atoms with Gasteiger partial charge < -0.3 is 11.1 Å². The highest BCUT2D eigenvalue weighted by molar-refractivity contribution is 5.80. The summed E-state index contributed by atoms with van der Waals surface area (Å²) in [5, 5.41) is 3.17. The van der Waals surface area contributed by atoms with Gasteiger partial charge in [-0.2, -0.15) is 0 Å². The van der Waals surface area contributed by atoms with Gasteiger partial charge in [0.15, 0.2) is 0 Å². The van der Waals surface area contributed by atoms with Crippen molar-refractivity contribution in [1.82, 2.24) is 10.2 Å². The lowest BCUT2D eigenvalue weighted by molar-refractivity contribution is -0.128. The standard InChI is InChI=1S/C22H35N3O/c1-17-10-13-25(14-11-17)16-19-8-4-3-7-18(19)15-24-21(26)20-9-5-6-12-22(20,2)23/h3-4,7-8,17,20H,5-6,9-16,23H2,1-2H3,(H,24,26). The molecule has 2 atom stereocenters. The van der Waals surface area contributed by atoms with Crippen molar-refractivity contribution in [1.29, 1.82) is 0 Å². The maximum absolute atomic E-state index is 12.7. The Morgan fingerprint density at radius 2 is 1.88 bits per heavy atom. The van der Waals surface area contributed by atoms with Gasteiger partial charge in [0, 0.05) is 18.6 Å². The summed E-state index contributed by atoms with van der Waals surface area (Å²) in [5.74, 6) is 0.908. The van der Waals surface area contributed by atoms with Crippen LogP contribution in [0.1, 0.15) is 63.5 Å². The van der Waals surface area contributed by atoms with Crippen LogP contribution < -0.4 is 11.1 Å².